The number of hydrogen-bond donors (Lipinski definition) is 0. The number of nitrogens with zero attached hydrogens (tertiary/aromatic N) is 2. The average molecular weight is 329 g/mol. The number of imidazole rings is 1. The maximum atomic E-state index is 6.42. The molecule has 0 N–H and O–H groups in total. The Morgan fingerprint density at radius 1 is 1.40 bits per heavy atom. The highest BCUT2D eigenvalue weighted by Crippen LogP contribution is 2.42. The molecule has 1 aliphatic carbocycles. The van der Waals surface area contributed by atoms with E-state index in [-0.39, 0.29) is 0 Å². The fourth-order valence-electron chi connectivity index (χ4n) is 3.22. The van der Waals surface area contributed by atoms with Gasteiger partial charge < -0.3 is 4.57 Å². The number of hydrogen-bond acceptors (Lipinski definition) is 2. The van der Waals surface area contributed by atoms with E-state index in [0.29, 0.717) is 17.2 Å². The molecule has 1 aromatic carbocycles. The first-order chi connectivity index (χ1) is 9.76. The van der Waals surface area contributed by atoms with Gasteiger partial charge in [-0.15, -0.1) is 11.6 Å². The summed E-state index contributed by atoms with van der Waals surface area (Å²) in [4.78, 5) is 4.67. The number of halogens is 2. The van der Waals surface area contributed by atoms with Crippen molar-refractivity contribution < 1.29 is 0 Å². The van der Waals surface area contributed by atoms with Gasteiger partial charge in [0.2, 0.25) is 0 Å². The Morgan fingerprint density at radius 2 is 2.25 bits per heavy atom. The van der Waals surface area contributed by atoms with Crippen molar-refractivity contribution in [2.75, 3.05) is 5.75 Å². The quantitative estimate of drug-likeness (QED) is 0.711. The van der Waals surface area contributed by atoms with Crippen LogP contribution in [0.5, 0.6) is 0 Å². The lowest BCUT2D eigenvalue weighted by molar-refractivity contribution is 0.527. The summed E-state index contributed by atoms with van der Waals surface area (Å²) >= 11 is 14.6. The van der Waals surface area contributed by atoms with Crippen molar-refractivity contribution in [1.29, 1.82) is 0 Å². The molecule has 3 rings (SSSR count). The third-order valence-electron chi connectivity index (χ3n) is 3.98. The second-order valence-electron chi connectivity index (χ2n) is 5.13. The fourth-order valence-corrected chi connectivity index (χ4v) is 4.91. The van der Waals surface area contributed by atoms with E-state index in [2.05, 4.69) is 16.5 Å². The lowest BCUT2D eigenvalue weighted by atomic mass is 10.2. The summed E-state index contributed by atoms with van der Waals surface area (Å²) in [5.41, 5.74) is 2.01. The van der Waals surface area contributed by atoms with Gasteiger partial charge in [0.1, 0.15) is 5.82 Å². The first kappa shape index (κ1) is 14.6. The summed E-state index contributed by atoms with van der Waals surface area (Å²) in [7, 11) is 0. The number of aromatic nitrogens is 2. The van der Waals surface area contributed by atoms with Crippen LogP contribution in [0.2, 0.25) is 5.02 Å². The Kier molecular flexibility index (Phi) is 4.49. The Balaban J connectivity index is 2.13. The molecule has 5 heteroatoms. The molecule has 1 heterocycles. The van der Waals surface area contributed by atoms with Crippen molar-refractivity contribution >= 4 is 46.0 Å². The third kappa shape index (κ3) is 2.44. The van der Waals surface area contributed by atoms with Crippen molar-refractivity contribution in [2.45, 2.75) is 43.4 Å². The SMILES string of the molecule is CCSC1CCCC1n1c(CCl)nc2cccc(Cl)c21. The molecule has 1 aliphatic rings. The Morgan fingerprint density at radius 3 is 3.00 bits per heavy atom. The van der Waals surface area contributed by atoms with E-state index in [4.69, 9.17) is 23.2 Å². The Bertz CT molecular complexity index is 611. The molecular weight excluding hydrogens is 311 g/mol. The summed E-state index contributed by atoms with van der Waals surface area (Å²) in [6, 6.07) is 6.38. The van der Waals surface area contributed by atoms with Crippen LogP contribution >= 0.6 is 35.0 Å². The lowest BCUT2D eigenvalue weighted by Gasteiger charge is -2.23. The summed E-state index contributed by atoms with van der Waals surface area (Å²) in [6.45, 7) is 2.22. The predicted molar refractivity (Wildman–Crippen MR) is 89.1 cm³/mol. The van der Waals surface area contributed by atoms with E-state index in [0.717, 1.165) is 27.6 Å². The second-order valence-corrected chi connectivity index (χ2v) is 7.32. The molecule has 0 aliphatic heterocycles. The molecule has 2 aromatic rings. The lowest BCUT2D eigenvalue weighted by Crippen LogP contribution is -2.18. The van der Waals surface area contributed by atoms with Gasteiger partial charge in [0.05, 0.1) is 21.9 Å². The predicted octanol–water partition coefficient (Wildman–Crippen LogP) is 5.28. The van der Waals surface area contributed by atoms with Crippen molar-refractivity contribution in [3.63, 3.8) is 0 Å². The van der Waals surface area contributed by atoms with Crippen molar-refractivity contribution in [2.24, 2.45) is 0 Å². The van der Waals surface area contributed by atoms with Crippen LogP contribution in [-0.4, -0.2) is 20.6 Å². The summed E-state index contributed by atoms with van der Waals surface area (Å²) < 4.78 is 2.31. The maximum Gasteiger partial charge on any atom is 0.125 e. The van der Waals surface area contributed by atoms with Gasteiger partial charge in [0.15, 0.2) is 0 Å². The molecule has 0 radical (unpaired) electrons. The van der Waals surface area contributed by atoms with Gasteiger partial charge in [-0.3, -0.25) is 0 Å². The van der Waals surface area contributed by atoms with Crippen LogP contribution in [0.1, 0.15) is 38.1 Å². The molecular formula is C15H18Cl2N2S. The smallest absolute Gasteiger partial charge is 0.125 e. The van der Waals surface area contributed by atoms with Gasteiger partial charge in [0.25, 0.3) is 0 Å². The molecule has 2 atom stereocenters. The monoisotopic (exact) mass is 328 g/mol. The van der Waals surface area contributed by atoms with Crippen molar-refractivity contribution in [3.05, 3.63) is 29.0 Å². The highest BCUT2D eigenvalue weighted by Gasteiger charge is 2.31. The molecule has 2 unspecified atom stereocenters. The molecule has 108 valence electrons. The van der Waals surface area contributed by atoms with Crippen LogP contribution in [0.3, 0.4) is 0 Å². The topological polar surface area (TPSA) is 17.8 Å². The van der Waals surface area contributed by atoms with Crippen LogP contribution in [0.15, 0.2) is 18.2 Å². The number of benzene rings is 1. The minimum Gasteiger partial charge on any atom is -0.322 e. The minimum absolute atomic E-state index is 0.436. The van der Waals surface area contributed by atoms with Crippen molar-refractivity contribution in [1.82, 2.24) is 9.55 Å². The number of fused-ring (bicyclic) bond motifs is 1. The molecule has 0 spiro atoms. The van der Waals surface area contributed by atoms with Crippen LogP contribution < -0.4 is 0 Å². The number of para-hydroxylation sites is 1. The normalized spacial score (nSPS) is 22.8. The minimum atomic E-state index is 0.436. The van der Waals surface area contributed by atoms with Crippen LogP contribution in [0.25, 0.3) is 11.0 Å². The number of alkyl halides is 1. The molecule has 0 amide bonds. The summed E-state index contributed by atoms with van der Waals surface area (Å²) in [6.07, 6.45) is 3.74. The maximum absolute atomic E-state index is 6.42. The van der Waals surface area contributed by atoms with Gasteiger partial charge in [-0.25, -0.2) is 4.98 Å². The summed E-state index contributed by atoms with van der Waals surface area (Å²) in [5, 5.41) is 1.43. The van der Waals surface area contributed by atoms with Gasteiger partial charge >= 0.3 is 0 Å². The number of thioether (sulfide) groups is 1. The van der Waals surface area contributed by atoms with Crippen LogP contribution in [0.4, 0.5) is 0 Å². The first-order valence-electron chi connectivity index (χ1n) is 7.09. The van der Waals surface area contributed by atoms with Crippen LogP contribution in [-0.2, 0) is 5.88 Å². The average Bonchev–Trinajstić information content (AvgIpc) is 3.03. The first-order valence-corrected chi connectivity index (χ1v) is 9.05. The standard InChI is InChI=1S/C15H18Cl2N2S/c1-2-20-13-8-4-7-12(13)19-14(9-16)18-11-6-3-5-10(17)15(11)19/h3,5-6,12-13H,2,4,7-9H2,1H3. The number of rotatable bonds is 4. The summed E-state index contributed by atoms with van der Waals surface area (Å²) in [5.74, 6) is 2.53. The molecule has 2 nitrogen and oxygen atoms in total. The van der Waals surface area contributed by atoms with E-state index >= 15 is 0 Å². The van der Waals surface area contributed by atoms with Gasteiger partial charge in [0, 0.05) is 11.3 Å². The van der Waals surface area contributed by atoms with Gasteiger partial charge in [-0.2, -0.15) is 11.8 Å². The van der Waals surface area contributed by atoms with Crippen LogP contribution in [0, 0.1) is 0 Å². The molecule has 1 fully saturated rings. The fraction of sp³-hybridized carbons (Fsp3) is 0.533. The molecule has 0 bridgehead atoms. The van der Waals surface area contributed by atoms with Gasteiger partial charge in [-0.05, 0) is 30.7 Å². The van der Waals surface area contributed by atoms with Gasteiger partial charge in [-0.1, -0.05) is 31.0 Å². The van der Waals surface area contributed by atoms with E-state index in [1.165, 1.54) is 19.3 Å². The van der Waals surface area contributed by atoms with E-state index in [9.17, 15) is 0 Å². The second kappa shape index (κ2) is 6.17. The zero-order valence-corrected chi connectivity index (χ0v) is 13.8. The zero-order valence-electron chi connectivity index (χ0n) is 11.5. The highest BCUT2D eigenvalue weighted by atomic mass is 35.5. The molecule has 1 aromatic heterocycles. The molecule has 20 heavy (non-hydrogen) atoms. The zero-order chi connectivity index (χ0) is 14.1. The molecule has 0 saturated heterocycles. The van der Waals surface area contributed by atoms with Crippen molar-refractivity contribution in [3.8, 4) is 0 Å². The largest absolute Gasteiger partial charge is 0.322 e. The molecule has 1 saturated carbocycles. The third-order valence-corrected chi connectivity index (χ3v) is 5.84. The van der Waals surface area contributed by atoms with E-state index in [1.54, 1.807) is 0 Å². The Hall–Kier alpha value is -0.380. The van der Waals surface area contributed by atoms with E-state index in [1.807, 2.05) is 30.0 Å². The highest BCUT2D eigenvalue weighted by molar-refractivity contribution is 7.99. The van der Waals surface area contributed by atoms with E-state index < -0.39 is 0 Å². The Labute approximate surface area is 133 Å².